The number of benzene rings is 1. The standard InChI is InChI=1S/C16H18FN3/c1-10-8-11(6-7-13(10)17)16-19-9-12-14(18)4-2-3-5-15(12)20-16/h6-9,14H,2-5,18H2,1H3. The molecule has 1 aliphatic rings. The first kappa shape index (κ1) is 13.2. The van der Waals surface area contributed by atoms with Gasteiger partial charge in [-0.25, -0.2) is 14.4 Å². The number of aryl methyl sites for hydroxylation is 2. The third-order valence-electron chi connectivity index (χ3n) is 3.89. The summed E-state index contributed by atoms with van der Waals surface area (Å²) in [6.45, 7) is 1.75. The van der Waals surface area contributed by atoms with Crippen molar-refractivity contribution in [3.05, 3.63) is 47.0 Å². The topological polar surface area (TPSA) is 51.8 Å². The van der Waals surface area contributed by atoms with E-state index in [2.05, 4.69) is 9.97 Å². The Morgan fingerprint density at radius 2 is 2.15 bits per heavy atom. The SMILES string of the molecule is Cc1cc(-c2ncc3c(n2)CCCCC3N)ccc1F. The van der Waals surface area contributed by atoms with E-state index in [1.54, 1.807) is 19.1 Å². The maximum absolute atomic E-state index is 13.3. The van der Waals surface area contributed by atoms with Crippen molar-refractivity contribution >= 4 is 0 Å². The second-order valence-corrected chi connectivity index (χ2v) is 5.41. The van der Waals surface area contributed by atoms with Gasteiger partial charge in [-0.15, -0.1) is 0 Å². The lowest BCUT2D eigenvalue weighted by Crippen LogP contribution is -2.12. The smallest absolute Gasteiger partial charge is 0.159 e. The number of hydrogen-bond donors (Lipinski definition) is 1. The Morgan fingerprint density at radius 3 is 2.95 bits per heavy atom. The largest absolute Gasteiger partial charge is 0.324 e. The highest BCUT2D eigenvalue weighted by molar-refractivity contribution is 5.56. The minimum Gasteiger partial charge on any atom is -0.324 e. The first-order chi connectivity index (χ1) is 9.65. The second kappa shape index (κ2) is 5.29. The normalized spacial score (nSPS) is 18.4. The Labute approximate surface area is 118 Å². The number of rotatable bonds is 1. The molecule has 0 fully saturated rings. The van der Waals surface area contributed by atoms with Gasteiger partial charge in [-0.2, -0.15) is 0 Å². The molecule has 1 unspecified atom stereocenters. The van der Waals surface area contributed by atoms with Gasteiger partial charge in [0.1, 0.15) is 5.82 Å². The molecule has 4 heteroatoms. The molecule has 20 heavy (non-hydrogen) atoms. The number of nitrogens with two attached hydrogens (primary N) is 1. The summed E-state index contributed by atoms with van der Waals surface area (Å²) in [6.07, 6.45) is 6.01. The molecular weight excluding hydrogens is 253 g/mol. The van der Waals surface area contributed by atoms with E-state index in [9.17, 15) is 4.39 Å². The fraction of sp³-hybridized carbons (Fsp3) is 0.375. The lowest BCUT2D eigenvalue weighted by Gasteiger charge is -2.12. The molecule has 0 amide bonds. The van der Waals surface area contributed by atoms with Crippen molar-refractivity contribution in [1.82, 2.24) is 9.97 Å². The first-order valence-electron chi connectivity index (χ1n) is 7.03. The number of hydrogen-bond acceptors (Lipinski definition) is 3. The van der Waals surface area contributed by atoms with E-state index in [0.717, 1.165) is 42.5 Å². The second-order valence-electron chi connectivity index (χ2n) is 5.41. The summed E-state index contributed by atoms with van der Waals surface area (Å²) in [4.78, 5) is 9.06. The number of halogens is 1. The summed E-state index contributed by atoms with van der Waals surface area (Å²) in [5.41, 5.74) is 9.71. The van der Waals surface area contributed by atoms with Crippen LogP contribution in [0, 0.1) is 12.7 Å². The molecule has 104 valence electrons. The predicted molar refractivity (Wildman–Crippen MR) is 76.6 cm³/mol. The van der Waals surface area contributed by atoms with Crippen molar-refractivity contribution in [1.29, 1.82) is 0 Å². The summed E-state index contributed by atoms with van der Waals surface area (Å²) in [6, 6.07) is 5.01. The molecule has 1 heterocycles. The Hall–Kier alpha value is -1.81. The van der Waals surface area contributed by atoms with Crippen LogP contribution in [-0.4, -0.2) is 9.97 Å². The molecule has 2 aromatic rings. The number of fused-ring (bicyclic) bond motifs is 1. The maximum atomic E-state index is 13.3. The Morgan fingerprint density at radius 1 is 1.30 bits per heavy atom. The molecule has 1 aromatic heterocycles. The molecule has 0 saturated heterocycles. The third-order valence-corrected chi connectivity index (χ3v) is 3.89. The van der Waals surface area contributed by atoms with Crippen LogP contribution in [0.2, 0.25) is 0 Å². The summed E-state index contributed by atoms with van der Waals surface area (Å²) in [7, 11) is 0. The van der Waals surface area contributed by atoms with Crippen molar-refractivity contribution in [3.63, 3.8) is 0 Å². The van der Waals surface area contributed by atoms with Gasteiger partial charge in [0.15, 0.2) is 5.82 Å². The zero-order chi connectivity index (χ0) is 14.1. The molecule has 1 atom stereocenters. The molecule has 1 aromatic carbocycles. The van der Waals surface area contributed by atoms with E-state index < -0.39 is 0 Å². The Kier molecular flexibility index (Phi) is 3.49. The van der Waals surface area contributed by atoms with Gasteiger partial charge in [-0.1, -0.05) is 6.42 Å². The van der Waals surface area contributed by atoms with E-state index in [4.69, 9.17) is 5.73 Å². The van der Waals surface area contributed by atoms with Crippen LogP contribution in [-0.2, 0) is 6.42 Å². The van der Waals surface area contributed by atoms with Crippen LogP contribution in [0.15, 0.2) is 24.4 Å². The third kappa shape index (κ3) is 2.43. The van der Waals surface area contributed by atoms with Gasteiger partial charge < -0.3 is 5.73 Å². The number of nitrogens with zero attached hydrogens (tertiary/aromatic N) is 2. The van der Waals surface area contributed by atoms with Crippen LogP contribution in [0.4, 0.5) is 4.39 Å². The van der Waals surface area contributed by atoms with Crippen LogP contribution in [0.25, 0.3) is 11.4 Å². The van der Waals surface area contributed by atoms with Crippen LogP contribution < -0.4 is 5.73 Å². The van der Waals surface area contributed by atoms with Crippen LogP contribution in [0.3, 0.4) is 0 Å². The highest BCUT2D eigenvalue weighted by Crippen LogP contribution is 2.27. The quantitative estimate of drug-likeness (QED) is 0.809. The summed E-state index contributed by atoms with van der Waals surface area (Å²) < 4.78 is 13.3. The molecule has 3 nitrogen and oxygen atoms in total. The molecule has 3 rings (SSSR count). The van der Waals surface area contributed by atoms with Crippen LogP contribution >= 0.6 is 0 Å². The van der Waals surface area contributed by atoms with Gasteiger partial charge in [-0.05, 0) is 49.9 Å². The first-order valence-corrected chi connectivity index (χ1v) is 7.03. The van der Waals surface area contributed by atoms with Crippen LogP contribution in [0.1, 0.15) is 42.1 Å². The highest BCUT2D eigenvalue weighted by Gasteiger charge is 2.18. The van der Waals surface area contributed by atoms with E-state index in [1.165, 1.54) is 6.07 Å². The van der Waals surface area contributed by atoms with Crippen molar-refractivity contribution in [2.45, 2.75) is 38.6 Å². The molecule has 0 saturated carbocycles. The predicted octanol–water partition coefficient (Wildman–Crippen LogP) is 3.32. The maximum Gasteiger partial charge on any atom is 0.159 e. The minimum absolute atomic E-state index is 0.0384. The van der Waals surface area contributed by atoms with E-state index >= 15 is 0 Å². The molecule has 0 bridgehead atoms. The average molecular weight is 271 g/mol. The van der Waals surface area contributed by atoms with Crippen molar-refractivity contribution < 1.29 is 4.39 Å². The van der Waals surface area contributed by atoms with Gasteiger partial charge in [0.05, 0.1) is 0 Å². The van der Waals surface area contributed by atoms with E-state index in [1.807, 2.05) is 6.20 Å². The van der Waals surface area contributed by atoms with E-state index in [-0.39, 0.29) is 11.9 Å². The minimum atomic E-state index is -0.203. The van der Waals surface area contributed by atoms with Crippen molar-refractivity contribution in [2.75, 3.05) is 0 Å². The average Bonchev–Trinajstić information content (AvgIpc) is 2.63. The van der Waals surface area contributed by atoms with Crippen LogP contribution in [0.5, 0.6) is 0 Å². The lowest BCUT2D eigenvalue weighted by atomic mass is 10.1. The zero-order valence-corrected chi connectivity index (χ0v) is 11.6. The fourth-order valence-corrected chi connectivity index (χ4v) is 2.67. The summed E-state index contributed by atoms with van der Waals surface area (Å²) in [5, 5.41) is 0. The molecule has 0 radical (unpaired) electrons. The van der Waals surface area contributed by atoms with Gasteiger partial charge in [0.2, 0.25) is 0 Å². The van der Waals surface area contributed by atoms with E-state index in [0.29, 0.717) is 11.4 Å². The number of aromatic nitrogens is 2. The van der Waals surface area contributed by atoms with Crippen molar-refractivity contribution in [3.8, 4) is 11.4 Å². The highest BCUT2D eigenvalue weighted by atomic mass is 19.1. The molecular formula is C16H18FN3. The molecule has 0 aliphatic heterocycles. The van der Waals surface area contributed by atoms with Gasteiger partial charge in [0, 0.05) is 29.1 Å². The monoisotopic (exact) mass is 271 g/mol. The van der Waals surface area contributed by atoms with Gasteiger partial charge in [0.25, 0.3) is 0 Å². The van der Waals surface area contributed by atoms with Gasteiger partial charge >= 0.3 is 0 Å². The summed E-state index contributed by atoms with van der Waals surface area (Å²) in [5.74, 6) is 0.450. The fourth-order valence-electron chi connectivity index (χ4n) is 2.67. The summed E-state index contributed by atoms with van der Waals surface area (Å²) >= 11 is 0. The molecule has 2 N–H and O–H groups in total. The zero-order valence-electron chi connectivity index (χ0n) is 11.6. The van der Waals surface area contributed by atoms with Gasteiger partial charge in [-0.3, -0.25) is 0 Å². The molecule has 0 spiro atoms. The molecule has 1 aliphatic carbocycles. The van der Waals surface area contributed by atoms with Crippen molar-refractivity contribution in [2.24, 2.45) is 5.73 Å². The Bertz CT molecular complexity index is 640. The Balaban J connectivity index is 2.03. The lowest BCUT2D eigenvalue weighted by molar-refractivity contribution is 0.614.